The molecule has 0 bridgehead atoms. The normalized spacial score (nSPS) is 16.9. The highest BCUT2D eigenvalue weighted by Crippen LogP contribution is 2.37. The number of rotatable bonds is 13. The number of allylic oxidation sites excluding steroid dienone is 2. The quantitative estimate of drug-likeness (QED) is 0.0935. The van der Waals surface area contributed by atoms with Crippen molar-refractivity contribution in [2.75, 3.05) is 13.7 Å². The van der Waals surface area contributed by atoms with Gasteiger partial charge in [-0.25, -0.2) is 0 Å². The molecule has 192 valence electrons. The standard InChI is InChI=1S/C27H49IO4Si/c1-21(14-13-18-28)20-22(2)24(30-9)16-12-15-23(32-33(10,11)27(6,7)8)17-19-31-25(29)26(3,4)5/h12-13,15,18,20-21,23-24H,14,16-17,19H2,1-11H3/b15-12+,18-13+,22-20+/t21-,23+,24-/m0/s1. The molecule has 33 heavy (non-hydrogen) atoms. The lowest BCUT2D eigenvalue weighted by molar-refractivity contribution is -0.153. The second-order valence-corrected chi connectivity index (χ2v) is 16.9. The van der Waals surface area contributed by atoms with Crippen molar-refractivity contribution in [3.05, 3.63) is 34.0 Å². The lowest BCUT2D eigenvalue weighted by atomic mass is 9.97. The maximum absolute atomic E-state index is 12.2. The lowest BCUT2D eigenvalue weighted by Gasteiger charge is -2.38. The molecule has 0 heterocycles. The minimum atomic E-state index is -1.97. The summed E-state index contributed by atoms with van der Waals surface area (Å²) in [6.45, 7) is 21.6. The van der Waals surface area contributed by atoms with E-state index in [1.165, 1.54) is 5.57 Å². The van der Waals surface area contributed by atoms with Crippen LogP contribution in [0.1, 0.15) is 74.7 Å². The summed E-state index contributed by atoms with van der Waals surface area (Å²) in [5.74, 6) is 0.300. The van der Waals surface area contributed by atoms with Gasteiger partial charge in [-0.1, -0.05) is 74.6 Å². The number of methoxy groups -OCH3 is 1. The van der Waals surface area contributed by atoms with Crippen molar-refractivity contribution >= 4 is 36.9 Å². The molecule has 0 saturated carbocycles. The fourth-order valence-electron chi connectivity index (χ4n) is 2.95. The van der Waals surface area contributed by atoms with Gasteiger partial charge in [-0.3, -0.25) is 4.79 Å². The number of carbonyl (C=O) groups excluding carboxylic acids is 1. The minimum absolute atomic E-state index is 0.0412. The molecule has 0 N–H and O–H groups in total. The van der Waals surface area contributed by atoms with Gasteiger partial charge >= 0.3 is 5.97 Å². The van der Waals surface area contributed by atoms with E-state index in [0.717, 1.165) is 12.8 Å². The molecule has 3 atom stereocenters. The van der Waals surface area contributed by atoms with Crippen LogP contribution in [0, 0.1) is 11.3 Å². The predicted octanol–water partition coefficient (Wildman–Crippen LogP) is 8.24. The first-order chi connectivity index (χ1) is 15.0. The van der Waals surface area contributed by atoms with Gasteiger partial charge in [-0.2, -0.15) is 0 Å². The smallest absolute Gasteiger partial charge is 0.311 e. The lowest BCUT2D eigenvalue weighted by Crippen LogP contribution is -2.43. The summed E-state index contributed by atoms with van der Waals surface area (Å²) in [6, 6.07) is 0. The van der Waals surface area contributed by atoms with Gasteiger partial charge in [0, 0.05) is 13.5 Å². The summed E-state index contributed by atoms with van der Waals surface area (Å²) in [4.78, 5) is 12.2. The van der Waals surface area contributed by atoms with Crippen molar-refractivity contribution in [1.82, 2.24) is 0 Å². The van der Waals surface area contributed by atoms with Crippen LogP contribution in [0.15, 0.2) is 34.0 Å². The monoisotopic (exact) mass is 592 g/mol. The summed E-state index contributed by atoms with van der Waals surface area (Å²) < 4.78 is 20.0. The van der Waals surface area contributed by atoms with Crippen LogP contribution in [-0.4, -0.2) is 40.2 Å². The van der Waals surface area contributed by atoms with Crippen molar-refractivity contribution in [2.24, 2.45) is 11.3 Å². The Kier molecular flexibility index (Phi) is 14.6. The first-order valence-corrected chi connectivity index (χ1v) is 16.2. The Hall–Kier alpha value is -0.443. The molecule has 0 aliphatic rings. The number of hydrogen-bond acceptors (Lipinski definition) is 4. The zero-order chi connectivity index (χ0) is 25.9. The Bertz CT molecular complexity index is 669. The van der Waals surface area contributed by atoms with Gasteiger partial charge in [0.1, 0.15) is 0 Å². The molecule has 0 aromatic rings. The summed E-state index contributed by atoms with van der Waals surface area (Å²) in [5.41, 5.74) is 0.752. The Labute approximate surface area is 218 Å². The fraction of sp³-hybridized carbons (Fsp3) is 0.741. The molecular weight excluding hydrogens is 543 g/mol. The number of halogens is 1. The molecule has 4 nitrogen and oxygen atoms in total. The van der Waals surface area contributed by atoms with E-state index >= 15 is 0 Å². The third kappa shape index (κ3) is 13.3. The van der Waals surface area contributed by atoms with E-state index in [4.69, 9.17) is 13.9 Å². The van der Waals surface area contributed by atoms with Crippen LogP contribution in [0.25, 0.3) is 0 Å². The molecule has 0 aliphatic carbocycles. The van der Waals surface area contributed by atoms with Gasteiger partial charge in [0.15, 0.2) is 8.32 Å². The second kappa shape index (κ2) is 14.8. The van der Waals surface area contributed by atoms with E-state index in [1.807, 2.05) is 20.8 Å². The first kappa shape index (κ1) is 32.6. The molecule has 0 unspecified atom stereocenters. The molecule has 6 heteroatoms. The van der Waals surface area contributed by atoms with Crippen LogP contribution in [0.2, 0.25) is 18.1 Å². The van der Waals surface area contributed by atoms with Crippen LogP contribution >= 0.6 is 22.6 Å². The van der Waals surface area contributed by atoms with Gasteiger partial charge in [-0.15, -0.1) is 0 Å². The van der Waals surface area contributed by atoms with Crippen molar-refractivity contribution < 1.29 is 18.7 Å². The summed E-state index contributed by atoms with van der Waals surface area (Å²) in [6.07, 6.45) is 11.2. The second-order valence-electron chi connectivity index (χ2n) is 11.5. The van der Waals surface area contributed by atoms with Crippen LogP contribution in [0.4, 0.5) is 0 Å². The van der Waals surface area contributed by atoms with E-state index < -0.39 is 13.7 Å². The van der Waals surface area contributed by atoms with Gasteiger partial charge < -0.3 is 13.9 Å². The van der Waals surface area contributed by atoms with Crippen molar-refractivity contribution in [3.8, 4) is 0 Å². The maximum Gasteiger partial charge on any atom is 0.311 e. The molecule has 0 aliphatic heterocycles. The van der Waals surface area contributed by atoms with E-state index in [2.05, 4.69) is 98.7 Å². The van der Waals surface area contributed by atoms with Crippen LogP contribution in [0.5, 0.6) is 0 Å². The Morgan fingerprint density at radius 3 is 2.15 bits per heavy atom. The fourth-order valence-corrected chi connectivity index (χ4v) is 4.55. The highest BCUT2D eigenvalue weighted by Gasteiger charge is 2.38. The average molecular weight is 593 g/mol. The molecule has 0 rings (SSSR count). The van der Waals surface area contributed by atoms with E-state index in [1.54, 1.807) is 7.11 Å². The average Bonchev–Trinajstić information content (AvgIpc) is 2.67. The highest BCUT2D eigenvalue weighted by atomic mass is 127. The van der Waals surface area contributed by atoms with Gasteiger partial charge in [-0.05, 0) is 74.2 Å². The third-order valence-electron chi connectivity index (χ3n) is 6.14. The van der Waals surface area contributed by atoms with Crippen LogP contribution in [-0.2, 0) is 18.7 Å². The number of carbonyl (C=O) groups is 1. The van der Waals surface area contributed by atoms with E-state index in [0.29, 0.717) is 18.9 Å². The summed E-state index contributed by atoms with van der Waals surface area (Å²) >= 11 is 2.26. The molecule has 0 radical (unpaired) electrons. The molecule has 0 aromatic carbocycles. The molecular formula is C27H49IO4Si. The molecule has 0 spiro atoms. The topological polar surface area (TPSA) is 44.8 Å². The van der Waals surface area contributed by atoms with Crippen molar-refractivity contribution in [2.45, 2.75) is 105 Å². The third-order valence-corrected chi connectivity index (χ3v) is 11.2. The van der Waals surface area contributed by atoms with Crippen molar-refractivity contribution in [3.63, 3.8) is 0 Å². The minimum Gasteiger partial charge on any atom is -0.465 e. The van der Waals surface area contributed by atoms with Crippen molar-refractivity contribution in [1.29, 1.82) is 0 Å². The number of hydrogen-bond donors (Lipinski definition) is 0. The number of ether oxygens (including phenoxy) is 2. The highest BCUT2D eigenvalue weighted by molar-refractivity contribution is 14.1. The largest absolute Gasteiger partial charge is 0.465 e. The van der Waals surface area contributed by atoms with Crippen LogP contribution in [0.3, 0.4) is 0 Å². The summed E-state index contributed by atoms with van der Waals surface area (Å²) in [5, 5.41) is 0.109. The Morgan fingerprint density at radius 2 is 1.67 bits per heavy atom. The van der Waals surface area contributed by atoms with E-state index in [9.17, 15) is 4.79 Å². The van der Waals surface area contributed by atoms with Gasteiger partial charge in [0.2, 0.25) is 0 Å². The number of esters is 1. The Morgan fingerprint density at radius 1 is 1.06 bits per heavy atom. The molecule has 0 aromatic heterocycles. The van der Waals surface area contributed by atoms with Gasteiger partial charge in [0.05, 0.1) is 24.2 Å². The summed E-state index contributed by atoms with van der Waals surface area (Å²) in [7, 11) is -0.201. The predicted molar refractivity (Wildman–Crippen MR) is 152 cm³/mol. The molecule has 0 amide bonds. The molecule has 0 fully saturated rings. The molecule has 0 saturated heterocycles. The SMILES string of the molecule is CO[C@@H](C/C=C/[C@H](CCOC(=O)C(C)(C)C)O[Si](C)(C)C(C)(C)C)/C(C)=C/[C@@H](C)C/C=C/I. The van der Waals surface area contributed by atoms with E-state index in [-0.39, 0.29) is 23.2 Å². The Balaban J connectivity index is 5.30. The zero-order valence-corrected chi connectivity index (χ0v) is 26.1. The zero-order valence-electron chi connectivity index (χ0n) is 23.0. The maximum atomic E-state index is 12.2. The van der Waals surface area contributed by atoms with Gasteiger partial charge in [0.25, 0.3) is 0 Å². The first-order valence-electron chi connectivity index (χ1n) is 12.0. The van der Waals surface area contributed by atoms with Crippen LogP contribution < -0.4 is 0 Å².